The first-order chi connectivity index (χ1) is 8.61. The van der Waals surface area contributed by atoms with Crippen molar-refractivity contribution in [1.82, 2.24) is 9.88 Å². The monoisotopic (exact) mass is 284 g/mol. The number of nitrogens with one attached hydrogen (secondary N) is 1. The van der Waals surface area contributed by atoms with E-state index in [2.05, 4.69) is 5.32 Å². The Balaban J connectivity index is 2.83. The molecule has 5 heteroatoms. The third-order valence-corrected chi connectivity index (χ3v) is 3.90. The number of rotatable bonds is 4. The van der Waals surface area contributed by atoms with Crippen molar-refractivity contribution in [2.45, 2.75) is 20.0 Å². The molecule has 1 aromatic heterocycles. The number of benzene rings is 1. The Labute approximate surface area is 116 Å². The number of aldehydes is 1. The summed E-state index contributed by atoms with van der Waals surface area (Å²) in [7, 11) is 1.87. The third kappa shape index (κ3) is 2.03. The summed E-state index contributed by atoms with van der Waals surface area (Å²) in [4.78, 5) is 10.9. The number of carbonyl (C=O) groups is 1. The van der Waals surface area contributed by atoms with Gasteiger partial charge in [0.05, 0.1) is 22.1 Å². The minimum absolute atomic E-state index is 0.279. The first-order valence-electron chi connectivity index (χ1n) is 5.65. The predicted molar refractivity (Wildman–Crippen MR) is 75.5 cm³/mol. The van der Waals surface area contributed by atoms with Gasteiger partial charge in [-0.15, -0.1) is 0 Å². The Morgan fingerprint density at radius 1 is 1.39 bits per heavy atom. The van der Waals surface area contributed by atoms with Crippen LogP contribution < -0.4 is 5.32 Å². The van der Waals surface area contributed by atoms with Crippen LogP contribution in [0.4, 0.5) is 0 Å². The maximum absolute atomic E-state index is 10.9. The average Bonchev–Trinajstić information content (AvgIpc) is 2.61. The van der Waals surface area contributed by atoms with E-state index in [1.165, 1.54) is 0 Å². The van der Waals surface area contributed by atoms with E-state index in [4.69, 9.17) is 23.2 Å². The van der Waals surface area contributed by atoms with E-state index in [1.807, 2.05) is 24.6 Å². The molecule has 0 aliphatic heterocycles. The summed E-state index contributed by atoms with van der Waals surface area (Å²) < 4.78 is 1.92. The van der Waals surface area contributed by atoms with Crippen LogP contribution in [-0.4, -0.2) is 17.9 Å². The molecule has 0 unspecified atom stereocenters. The molecule has 2 rings (SSSR count). The van der Waals surface area contributed by atoms with Gasteiger partial charge in [-0.3, -0.25) is 0 Å². The van der Waals surface area contributed by atoms with Crippen LogP contribution in [0.15, 0.2) is 12.1 Å². The van der Waals surface area contributed by atoms with Gasteiger partial charge in [-0.1, -0.05) is 29.3 Å². The first-order valence-corrected chi connectivity index (χ1v) is 6.41. The fourth-order valence-corrected chi connectivity index (χ4v) is 2.69. The Hall–Kier alpha value is -1.03. The number of fused-ring (bicyclic) bond motifs is 1. The van der Waals surface area contributed by atoms with Crippen molar-refractivity contribution < 1.29 is 4.79 Å². The lowest BCUT2D eigenvalue weighted by atomic mass is 10.1. The van der Waals surface area contributed by atoms with E-state index in [1.54, 1.807) is 6.07 Å². The second kappa shape index (κ2) is 5.31. The van der Waals surface area contributed by atoms with Crippen LogP contribution in [0.25, 0.3) is 10.9 Å². The van der Waals surface area contributed by atoms with E-state index in [0.717, 1.165) is 28.4 Å². The summed E-state index contributed by atoms with van der Waals surface area (Å²) in [6.07, 6.45) is 0.870. The summed E-state index contributed by atoms with van der Waals surface area (Å²) in [6.45, 7) is 2.99. The maximum Gasteiger partial charge on any atom is 0.139 e. The molecular formula is C13H14Cl2N2O. The summed E-state index contributed by atoms with van der Waals surface area (Å²) >= 11 is 12.3. The van der Waals surface area contributed by atoms with E-state index < -0.39 is 0 Å². The molecule has 0 saturated carbocycles. The minimum atomic E-state index is 0.279. The Bertz CT molecular complexity index is 605. The number of nitrogens with zero attached hydrogens (tertiary/aromatic N) is 1. The summed E-state index contributed by atoms with van der Waals surface area (Å²) in [5, 5.41) is 5.15. The Morgan fingerprint density at radius 3 is 2.72 bits per heavy atom. The summed E-state index contributed by atoms with van der Waals surface area (Å²) in [6, 6.07) is 3.73. The van der Waals surface area contributed by atoms with Crippen LogP contribution in [0, 0.1) is 6.92 Å². The minimum Gasteiger partial charge on any atom is -0.335 e. The normalized spacial score (nSPS) is 11.1. The molecule has 1 aromatic carbocycles. The van der Waals surface area contributed by atoms with Crippen molar-refractivity contribution in [2.24, 2.45) is 0 Å². The molecule has 1 heterocycles. The van der Waals surface area contributed by atoms with Crippen LogP contribution in [0.3, 0.4) is 0 Å². The van der Waals surface area contributed by atoms with E-state index in [0.29, 0.717) is 16.6 Å². The molecular weight excluding hydrogens is 271 g/mol. The molecule has 96 valence electrons. The van der Waals surface area contributed by atoms with Gasteiger partial charge in [0, 0.05) is 17.6 Å². The summed E-state index contributed by atoms with van der Waals surface area (Å²) in [5.41, 5.74) is 3.02. The van der Waals surface area contributed by atoms with Gasteiger partial charge in [0.15, 0.2) is 0 Å². The molecule has 2 aromatic rings. The SMILES string of the molecule is CNCc1c(C)c2ccc(Cl)c(Cl)c2n1CC=O. The zero-order chi connectivity index (χ0) is 13.3. The van der Waals surface area contributed by atoms with Crippen molar-refractivity contribution >= 4 is 40.4 Å². The topological polar surface area (TPSA) is 34.0 Å². The number of aryl methyl sites for hydroxylation is 1. The number of hydrogen-bond donors (Lipinski definition) is 1. The largest absolute Gasteiger partial charge is 0.335 e. The maximum atomic E-state index is 10.9. The second-order valence-electron chi connectivity index (χ2n) is 4.14. The molecule has 0 aliphatic carbocycles. The lowest BCUT2D eigenvalue weighted by Crippen LogP contribution is -2.13. The van der Waals surface area contributed by atoms with E-state index in [-0.39, 0.29) is 6.54 Å². The van der Waals surface area contributed by atoms with Crippen LogP contribution in [0.2, 0.25) is 10.0 Å². The molecule has 1 N–H and O–H groups in total. The molecule has 0 saturated heterocycles. The lowest BCUT2D eigenvalue weighted by molar-refractivity contribution is -0.108. The van der Waals surface area contributed by atoms with E-state index in [9.17, 15) is 4.79 Å². The quantitative estimate of drug-likeness (QED) is 0.875. The first kappa shape index (κ1) is 13.4. The van der Waals surface area contributed by atoms with Gasteiger partial charge in [-0.2, -0.15) is 0 Å². The Morgan fingerprint density at radius 2 is 2.11 bits per heavy atom. The molecule has 3 nitrogen and oxygen atoms in total. The highest BCUT2D eigenvalue weighted by molar-refractivity contribution is 6.45. The smallest absolute Gasteiger partial charge is 0.139 e. The van der Waals surface area contributed by atoms with Crippen LogP contribution in [-0.2, 0) is 17.9 Å². The number of carbonyl (C=O) groups excluding carboxylic acids is 1. The number of hydrogen-bond acceptors (Lipinski definition) is 2. The second-order valence-corrected chi connectivity index (χ2v) is 4.92. The van der Waals surface area contributed by atoms with Gasteiger partial charge < -0.3 is 14.7 Å². The van der Waals surface area contributed by atoms with Gasteiger partial charge in [0.2, 0.25) is 0 Å². The van der Waals surface area contributed by atoms with Crippen LogP contribution >= 0.6 is 23.2 Å². The zero-order valence-electron chi connectivity index (χ0n) is 10.3. The average molecular weight is 285 g/mol. The van der Waals surface area contributed by atoms with Crippen molar-refractivity contribution in [3.63, 3.8) is 0 Å². The van der Waals surface area contributed by atoms with E-state index >= 15 is 0 Å². The number of aromatic nitrogens is 1. The molecule has 0 radical (unpaired) electrons. The predicted octanol–water partition coefficient (Wildman–Crippen LogP) is 3.17. The zero-order valence-corrected chi connectivity index (χ0v) is 11.8. The van der Waals surface area contributed by atoms with Crippen molar-refractivity contribution in [3.8, 4) is 0 Å². The fraction of sp³-hybridized carbons (Fsp3) is 0.308. The van der Waals surface area contributed by atoms with Crippen LogP contribution in [0.1, 0.15) is 11.3 Å². The Kier molecular flexibility index (Phi) is 3.95. The molecule has 0 aliphatic rings. The molecule has 0 fully saturated rings. The highest BCUT2D eigenvalue weighted by Gasteiger charge is 2.17. The van der Waals surface area contributed by atoms with Gasteiger partial charge in [-0.25, -0.2) is 0 Å². The molecule has 0 bridgehead atoms. The lowest BCUT2D eigenvalue weighted by Gasteiger charge is -2.08. The molecule has 0 atom stereocenters. The van der Waals surface area contributed by atoms with Crippen molar-refractivity contribution in [3.05, 3.63) is 33.4 Å². The third-order valence-electron chi connectivity index (χ3n) is 3.10. The van der Waals surface area contributed by atoms with Crippen molar-refractivity contribution in [1.29, 1.82) is 0 Å². The van der Waals surface area contributed by atoms with Gasteiger partial charge in [-0.05, 0) is 25.6 Å². The molecule has 18 heavy (non-hydrogen) atoms. The van der Waals surface area contributed by atoms with Crippen LogP contribution in [0.5, 0.6) is 0 Å². The van der Waals surface area contributed by atoms with Gasteiger partial charge >= 0.3 is 0 Å². The number of halogens is 2. The van der Waals surface area contributed by atoms with Gasteiger partial charge in [0.1, 0.15) is 6.29 Å². The standard InChI is InChI=1S/C13H14Cl2N2O/c1-8-9-3-4-10(14)12(15)13(9)17(5-6-18)11(8)7-16-2/h3-4,6,16H,5,7H2,1-2H3. The fourth-order valence-electron chi connectivity index (χ4n) is 2.27. The highest BCUT2D eigenvalue weighted by Crippen LogP contribution is 2.35. The van der Waals surface area contributed by atoms with Gasteiger partial charge in [0.25, 0.3) is 0 Å². The molecule has 0 amide bonds. The van der Waals surface area contributed by atoms with Crippen molar-refractivity contribution in [2.75, 3.05) is 7.05 Å². The highest BCUT2D eigenvalue weighted by atomic mass is 35.5. The summed E-state index contributed by atoms with van der Waals surface area (Å²) in [5.74, 6) is 0. The molecule has 0 spiro atoms.